The second-order valence-corrected chi connectivity index (χ2v) is 9.57. The summed E-state index contributed by atoms with van der Waals surface area (Å²) in [5, 5.41) is 9.65. The van der Waals surface area contributed by atoms with Crippen LogP contribution in [0.1, 0.15) is 50.2 Å². The van der Waals surface area contributed by atoms with Gasteiger partial charge in [0.25, 0.3) is 0 Å². The van der Waals surface area contributed by atoms with Gasteiger partial charge in [-0.3, -0.25) is 19.3 Å². The Labute approximate surface area is 228 Å². The number of hydroxylamine groups is 1. The number of hydrogen-bond donors (Lipinski definition) is 2. The summed E-state index contributed by atoms with van der Waals surface area (Å²) in [7, 11) is 0. The lowest BCUT2D eigenvalue weighted by atomic mass is 9.95. The first-order valence-corrected chi connectivity index (χ1v) is 13.3. The maximum atomic E-state index is 13.5. The Kier molecular flexibility index (Phi) is 11.8. The minimum atomic E-state index is -1.25. The summed E-state index contributed by atoms with van der Waals surface area (Å²) in [4.78, 5) is 58.7. The highest BCUT2D eigenvalue weighted by Crippen LogP contribution is 2.21. The molecule has 1 fully saturated rings. The fourth-order valence-electron chi connectivity index (χ4n) is 4.49. The van der Waals surface area contributed by atoms with Crippen LogP contribution in [0.2, 0.25) is 0 Å². The van der Waals surface area contributed by atoms with Crippen LogP contribution in [0.3, 0.4) is 0 Å². The van der Waals surface area contributed by atoms with Gasteiger partial charge in [-0.2, -0.15) is 0 Å². The molecule has 10 heteroatoms. The molecule has 2 N–H and O–H groups in total. The summed E-state index contributed by atoms with van der Waals surface area (Å²) in [5.74, 6) is -2.03. The number of nitrogens with one attached hydrogen (secondary N) is 1. The van der Waals surface area contributed by atoms with Gasteiger partial charge in [-0.15, -0.1) is 0 Å². The molecule has 39 heavy (non-hydrogen) atoms. The molecular weight excluding hydrogens is 502 g/mol. The first kappa shape index (κ1) is 29.6. The van der Waals surface area contributed by atoms with Gasteiger partial charge in [0.1, 0.15) is 6.61 Å². The number of nitrogens with zero attached hydrogens (tertiary/aromatic N) is 2. The third-order valence-corrected chi connectivity index (χ3v) is 6.64. The number of carbonyl (C=O) groups excluding carboxylic acids is 3. The van der Waals surface area contributed by atoms with E-state index < -0.39 is 29.9 Å². The van der Waals surface area contributed by atoms with Gasteiger partial charge in [-0.25, -0.2) is 15.1 Å². The summed E-state index contributed by atoms with van der Waals surface area (Å²) in [5.41, 5.74) is 4.09. The number of rotatable bonds is 13. The van der Waals surface area contributed by atoms with Crippen molar-refractivity contribution >= 4 is 23.9 Å². The Hall–Kier alpha value is -3.92. The monoisotopic (exact) mass is 539 g/mol. The van der Waals surface area contributed by atoms with E-state index in [1.807, 2.05) is 48.5 Å². The standard InChI is InChI=1S/C29H37N3O7/c1-2-3-6-15-24(18-26(33)30-39-21-23-13-9-5-10-14-23)27(34)31-16-17-32(29(36)37)25(19-31)28(35)38-20-22-11-7-4-8-12-22/h4-5,7-14,24-25H,2-3,6,15-21H2,1H3,(H,30,33)(H,36,37)/t24-,25+/m1/s1. The van der Waals surface area contributed by atoms with Crippen LogP contribution in [0.25, 0.3) is 0 Å². The highest BCUT2D eigenvalue weighted by atomic mass is 16.6. The molecule has 0 bridgehead atoms. The number of carboxylic acid groups (broad SMARTS) is 1. The van der Waals surface area contributed by atoms with Crippen molar-refractivity contribution in [2.24, 2.45) is 5.92 Å². The average Bonchev–Trinajstić information content (AvgIpc) is 2.96. The Morgan fingerprint density at radius 3 is 2.21 bits per heavy atom. The van der Waals surface area contributed by atoms with Crippen molar-refractivity contribution in [3.63, 3.8) is 0 Å². The first-order valence-electron chi connectivity index (χ1n) is 13.3. The molecule has 0 radical (unpaired) electrons. The Balaban J connectivity index is 1.61. The summed E-state index contributed by atoms with van der Waals surface area (Å²) in [6, 6.07) is 17.3. The van der Waals surface area contributed by atoms with Gasteiger partial charge in [-0.05, 0) is 17.5 Å². The molecule has 0 saturated carbocycles. The predicted molar refractivity (Wildman–Crippen MR) is 143 cm³/mol. The molecule has 2 aromatic rings. The van der Waals surface area contributed by atoms with E-state index in [2.05, 4.69) is 12.4 Å². The van der Waals surface area contributed by atoms with E-state index in [1.165, 1.54) is 4.90 Å². The van der Waals surface area contributed by atoms with Crippen molar-refractivity contribution in [1.29, 1.82) is 0 Å². The highest BCUT2D eigenvalue weighted by molar-refractivity contribution is 5.87. The summed E-state index contributed by atoms with van der Waals surface area (Å²) < 4.78 is 5.40. The average molecular weight is 540 g/mol. The lowest BCUT2D eigenvalue weighted by molar-refractivity contribution is -0.156. The second kappa shape index (κ2) is 15.5. The van der Waals surface area contributed by atoms with Crippen LogP contribution in [-0.4, -0.2) is 64.5 Å². The molecule has 0 spiro atoms. The van der Waals surface area contributed by atoms with Crippen LogP contribution in [-0.2, 0) is 37.2 Å². The summed E-state index contributed by atoms with van der Waals surface area (Å²) in [6.07, 6.45) is 1.82. The molecule has 210 valence electrons. The molecule has 10 nitrogen and oxygen atoms in total. The van der Waals surface area contributed by atoms with E-state index in [4.69, 9.17) is 9.57 Å². The van der Waals surface area contributed by atoms with Crippen molar-refractivity contribution in [3.8, 4) is 0 Å². The molecule has 3 amide bonds. The fraction of sp³-hybridized carbons (Fsp3) is 0.448. The van der Waals surface area contributed by atoms with Crippen LogP contribution in [0.5, 0.6) is 0 Å². The normalized spacial score (nSPS) is 15.9. The Morgan fingerprint density at radius 1 is 0.949 bits per heavy atom. The van der Waals surface area contributed by atoms with Crippen molar-refractivity contribution in [2.75, 3.05) is 19.6 Å². The van der Waals surface area contributed by atoms with Crippen molar-refractivity contribution in [3.05, 3.63) is 71.8 Å². The lowest BCUT2D eigenvalue weighted by Gasteiger charge is -2.39. The zero-order valence-electron chi connectivity index (χ0n) is 22.3. The zero-order chi connectivity index (χ0) is 28.0. The number of hydrogen-bond acceptors (Lipinski definition) is 6. The molecule has 1 heterocycles. The largest absolute Gasteiger partial charge is 0.465 e. The van der Waals surface area contributed by atoms with Crippen LogP contribution >= 0.6 is 0 Å². The number of piperazine rings is 1. The van der Waals surface area contributed by atoms with Crippen LogP contribution in [0.4, 0.5) is 4.79 Å². The van der Waals surface area contributed by atoms with Gasteiger partial charge < -0.3 is 14.7 Å². The van der Waals surface area contributed by atoms with Crippen LogP contribution in [0.15, 0.2) is 60.7 Å². The van der Waals surface area contributed by atoms with Crippen molar-refractivity contribution in [2.45, 2.75) is 58.3 Å². The van der Waals surface area contributed by atoms with E-state index >= 15 is 0 Å². The molecule has 0 aromatic heterocycles. The molecule has 1 aliphatic rings. The predicted octanol–water partition coefficient (Wildman–Crippen LogP) is 3.76. The van der Waals surface area contributed by atoms with Gasteiger partial charge in [0, 0.05) is 25.4 Å². The second-order valence-electron chi connectivity index (χ2n) is 9.57. The Morgan fingerprint density at radius 2 is 1.59 bits per heavy atom. The van der Waals surface area contributed by atoms with Crippen molar-refractivity contribution < 1.29 is 33.9 Å². The van der Waals surface area contributed by atoms with E-state index in [1.54, 1.807) is 12.1 Å². The number of amides is 3. The summed E-state index contributed by atoms with van der Waals surface area (Å²) in [6.45, 7) is 2.22. The zero-order valence-corrected chi connectivity index (χ0v) is 22.3. The van der Waals surface area contributed by atoms with Crippen LogP contribution < -0.4 is 5.48 Å². The molecule has 2 aromatic carbocycles. The highest BCUT2D eigenvalue weighted by Gasteiger charge is 2.39. The van der Waals surface area contributed by atoms with Crippen LogP contribution in [0, 0.1) is 5.92 Å². The van der Waals surface area contributed by atoms with E-state index in [0.29, 0.717) is 6.42 Å². The molecule has 2 atom stereocenters. The molecule has 0 aliphatic carbocycles. The minimum Gasteiger partial charge on any atom is -0.465 e. The minimum absolute atomic E-state index is 0.000371. The van der Waals surface area contributed by atoms with Gasteiger partial charge in [0.2, 0.25) is 11.8 Å². The van der Waals surface area contributed by atoms with E-state index in [-0.39, 0.29) is 45.2 Å². The Bertz CT molecular complexity index is 1080. The fourth-order valence-corrected chi connectivity index (χ4v) is 4.49. The van der Waals surface area contributed by atoms with Gasteiger partial charge in [-0.1, -0.05) is 86.8 Å². The first-order chi connectivity index (χ1) is 18.9. The van der Waals surface area contributed by atoms with Gasteiger partial charge in [0.05, 0.1) is 13.2 Å². The quantitative estimate of drug-likeness (QED) is 0.226. The maximum absolute atomic E-state index is 13.5. The lowest BCUT2D eigenvalue weighted by Crippen LogP contribution is -2.60. The molecule has 1 saturated heterocycles. The van der Waals surface area contributed by atoms with E-state index in [0.717, 1.165) is 35.3 Å². The number of ether oxygens (including phenoxy) is 1. The number of benzene rings is 2. The van der Waals surface area contributed by atoms with Gasteiger partial charge in [0.15, 0.2) is 6.04 Å². The molecule has 0 unspecified atom stereocenters. The number of carbonyl (C=O) groups is 4. The SMILES string of the molecule is CCCCC[C@H](CC(=O)NOCc1ccccc1)C(=O)N1CCN(C(=O)O)[C@H](C(=O)OCc2ccccc2)C1. The third kappa shape index (κ3) is 9.40. The van der Waals surface area contributed by atoms with Gasteiger partial charge >= 0.3 is 12.1 Å². The summed E-state index contributed by atoms with van der Waals surface area (Å²) >= 11 is 0. The molecular formula is C29H37N3O7. The molecule has 1 aliphatic heterocycles. The number of unbranched alkanes of at least 4 members (excludes halogenated alkanes) is 2. The van der Waals surface area contributed by atoms with Crippen molar-refractivity contribution in [1.82, 2.24) is 15.3 Å². The van der Waals surface area contributed by atoms with E-state index in [9.17, 15) is 24.3 Å². The smallest absolute Gasteiger partial charge is 0.408 e. The number of esters is 1. The topological polar surface area (TPSA) is 125 Å². The maximum Gasteiger partial charge on any atom is 0.408 e. The third-order valence-electron chi connectivity index (χ3n) is 6.64. The molecule has 3 rings (SSSR count).